The summed E-state index contributed by atoms with van der Waals surface area (Å²) in [6.07, 6.45) is 32.0. The number of rotatable bonds is 0. The molecule has 2 aliphatic rings. The molecule has 3 rings (SSSR count). The fourth-order valence-electron chi connectivity index (χ4n) is 1.45. The number of allylic oxidation sites excluding steroid dienone is 16. The fourth-order valence-corrected chi connectivity index (χ4v) is 2.07. The van der Waals surface area contributed by atoms with E-state index in [1.54, 1.807) is 0 Å². The molecule has 0 aliphatic heterocycles. The molecule has 1 heteroatoms. The normalized spacial score (nSPS) is 24.9. The molecule has 0 spiro atoms. The zero-order valence-electron chi connectivity index (χ0n) is 13.1. The first-order chi connectivity index (χ1) is 11.4. The van der Waals surface area contributed by atoms with Gasteiger partial charge in [0, 0.05) is 0 Å². The number of hydrogen-bond donors (Lipinski definition) is 0. The molecule has 0 saturated carbocycles. The molecule has 23 heavy (non-hydrogen) atoms. The molecule has 0 saturated heterocycles. The van der Waals surface area contributed by atoms with Crippen molar-refractivity contribution in [3.8, 4) is 0 Å². The molecule has 0 atom stereocenters. The van der Waals surface area contributed by atoms with E-state index in [-0.39, 0.29) is 0 Å². The summed E-state index contributed by atoms with van der Waals surface area (Å²) in [7, 11) is 0. The molecule has 0 nitrogen and oxygen atoms in total. The van der Waals surface area contributed by atoms with E-state index in [4.69, 9.17) is 0 Å². The standard InChI is InChI=1S/2C8H8.C6H5.Ta/c2*1-2-4-6-8-7-5-3-1;1-2-4-6-5-3-1;/h2*1-8H;1-5H;/b2*2-1-,3-1?,4-2?,5-3-,6-4-,7-5?,8-6?,8-7-;;. The third-order valence-electron chi connectivity index (χ3n) is 2.53. The van der Waals surface area contributed by atoms with Crippen molar-refractivity contribution >= 4 is 3.78 Å². The molecule has 0 N–H and O–H groups in total. The second-order valence-corrected chi connectivity index (χ2v) is 6.27. The van der Waals surface area contributed by atoms with E-state index in [0.29, 0.717) is 0 Å². The van der Waals surface area contributed by atoms with Gasteiger partial charge in [-0.1, -0.05) is 97.2 Å². The molecule has 0 fully saturated rings. The van der Waals surface area contributed by atoms with E-state index in [9.17, 15) is 0 Å². The van der Waals surface area contributed by atoms with Gasteiger partial charge < -0.3 is 0 Å². The van der Waals surface area contributed by atoms with Crippen LogP contribution in [0, 0.1) is 0 Å². The number of benzene rings is 1. The van der Waals surface area contributed by atoms with E-state index in [2.05, 4.69) is 24.3 Å². The Labute approximate surface area is 152 Å². The van der Waals surface area contributed by atoms with Gasteiger partial charge in [-0.2, -0.15) is 0 Å². The topological polar surface area (TPSA) is 0 Å². The van der Waals surface area contributed by atoms with Crippen LogP contribution in [0.5, 0.6) is 0 Å². The molecule has 1 aromatic carbocycles. The van der Waals surface area contributed by atoms with Crippen molar-refractivity contribution < 1.29 is 21.1 Å². The third-order valence-corrected chi connectivity index (χ3v) is 3.61. The zero-order valence-corrected chi connectivity index (χ0v) is 16.3. The van der Waals surface area contributed by atoms with Gasteiger partial charge in [0.1, 0.15) is 0 Å². The van der Waals surface area contributed by atoms with Gasteiger partial charge in [0.15, 0.2) is 0 Å². The van der Waals surface area contributed by atoms with E-state index in [1.165, 1.54) is 24.8 Å². The van der Waals surface area contributed by atoms with Crippen LogP contribution in [0.2, 0.25) is 0 Å². The summed E-state index contributed by atoms with van der Waals surface area (Å²) >= 11 is 1.36. The zero-order chi connectivity index (χ0) is 16.4. The van der Waals surface area contributed by atoms with Gasteiger partial charge in [-0.25, -0.2) is 0 Å². The predicted octanol–water partition coefficient (Wildman–Crippen LogP) is 5.31. The Kier molecular flexibility index (Phi) is 12.2. The fraction of sp³-hybridized carbons (Fsp3) is 0. The molecule has 0 radical (unpaired) electrons. The molecule has 1 aromatic rings. The van der Waals surface area contributed by atoms with Crippen LogP contribution in [0.1, 0.15) is 0 Å². The molecule has 0 amide bonds. The second kappa shape index (κ2) is 14.8. The van der Waals surface area contributed by atoms with Crippen LogP contribution in [0.3, 0.4) is 0 Å². The summed E-state index contributed by atoms with van der Waals surface area (Å²) in [6, 6.07) is 10.4. The minimum absolute atomic E-state index is 1.36. The first-order valence-electron chi connectivity index (χ1n) is 7.47. The van der Waals surface area contributed by atoms with E-state index in [0.717, 1.165) is 0 Å². The van der Waals surface area contributed by atoms with Gasteiger partial charge in [0.25, 0.3) is 0 Å². The van der Waals surface area contributed by atoms with Gasteiger partial charge in [-0.15, -0.1) is 0 Å². The van der Waals surface area contributed by atoms with Crippen molar-refractivity contribution in [1.82, 2.24) is 0 Å². The summed E-state index contributed by atoms with van der Waals surface area (Å²) in [4.78, 5) is 0. The Morgan fingerprint density at radius 3 is 0.696 bits per heavy atom. The molecular formula is C22H21Ta. The van der Waals surface area contributed by atoms with Crippen molar-refractivity contribution in [2.24, 2.45) is 0 Å². The maximum absolute atomic E-state index is 2.13. The van der Waals surface area contributed by atoms with Crippen LogP contribution in [0.25, 0.3) is 0 Å². The van der Waals surface area contributed by atoms with Gasteiger partial charge in [-0.05, 0) is 0 Å². The summed E-state index contributed by atoms with van der Waals surface area (Å²) in [5.74, 6) is 0. The molecule has 0 unspecified atom stereocenters. The Bertz CT molecular complexity index is 484. The van der Waals surface area contributed by atoms with Crippen LogP contribution in [0.4, 0.5) is 0 Å². The van der Waals surface area contributed by atoms with E-state index in [1.807, 2.05) is 103 Å². The molecule has 0 bridgehead atoms. The maximum atomic E-state index is 2.13. The second-order valence-electron chi connectivity index (χ2n) is 4.41. The molecule has 114 valence electrons. The summed E-state index contributed by atoms with van der Waals surface area (Å²) in [6.45, 7) is 0. The summed E-state index contributed by atoms with van der Waals surface area (Å²) < 4.78 is 1.43. The van der Waals surface area contributed by atoms with Gasteiger partial charge >= 0.3 is 55.2 Å². The van der Waals surface area contributed by atoms with Crippen molar-refractivity contribution in [2.75, 3.05) is 0 Å². The molecule has 0 heterocycles. The minimum atomic E-state index is 1.36. The monoisotopic (exact) mass is 466 g/mol. The molecular weight excluding hydrogens is 445 g/mol. The van der Waals surface area contributed by atoms with Gasteiger partial charge in [0.05, 0.1) is 0 Å². The molecule has 0 aromatic heterocycles. The van der Waals surface area contributed by atoms with Crippen molar-refractivity contribution in [2.45, 2.75) is 0 Å². The Hall–Kier alpha value is -2.12. The average molecular weight is 466 g/mol. The Morgan fingerprint density at radius 2 is 0.565 bits per heavy atom. The van der Waals surface area contributed by atoms with Crippen LogP contribution in [0.15, 0.2) is 128 Å². The van der Waals surface area contributed by atoms with Crippen molar-refractivity contribution in [3.05, 3.63) is 128 Å². The average Bonchev–Trinajstić information content (AvgIpc) is 2.48. The predicted molar refractivity (Wildman–Crippen MR) is 99.2 cm³/mol. The first-order valence-corrected chi connectivity index (χ1v) is 9.07. The van der Waals surface area contributed by atoms with Crippen molar-refractivity contribution in [1.29, 1.82) is 0 Å². The summed E-state index contributed by atoms with van der Waals surface area (Å²) in [5, 5.41) is 0. The van der Waals surface area contributed by atoms with Crippen molar-refractivity contribution in [3.63, 3.8) is 0 Å². The van der Waals surface area contributed by atoms with Gasteiger partial charge in [-0.3, -0.25) is 0 Å². The van der Waals surface area contributed by atoms with E-state index >= 15 is 0 Å². The van der Waals surface area contributed by atoms with Crippen LogP contribution in [-0.2, 0) is 21.1 Å². The third kappa shape index (κ3) is 13.3. The van der Waals surface area contributed by atoms with Crippen LogP contribution in [-0.4, -0.2) is 0 Å². The van der Waals surface area contributed by atoms with Crippen LogP contribution >= 0.6 is 0 Å². The summed E-state index contributed by atoms with van der Waals surface area (Å²) in [5.41, 5.74) is 0. The first kappa shape index (κ1) is 18.9. The number of hydrogen-bond acceptors (Lipinski definition) is 0. The Balaban J connectivity index is 0.000000173. The Morgan fingerprint density at radius 1 is 0.348 bits per heavy atom. The van der Waals surface area contributed by atoms with E-state index < -0.39 is 0 Å². The SMILES string of the molecule is C1=C\C=C/C=C\C=C/1.C1=C\C=C/C=C\C=C/1.[Ta][c]1ccccc1. The van der Waals surface area contributed by atoms with Gasteiger partial charge in [0.2, 0.25) is 0 Å². The quantitative estimate of drug-likeness (QED) is 0.487. The van der Waals surface area contributed by atoms with Crippen LogP contribution < -0.4 is 3.78 Å². The molecule has 2 aliphatic carbocycles.